The van der Waals surface area contributed by atoms with E-state index < -0.39 is 5.56 Å². The molecule has 22 heavy (non-hydrogen) atoms. The Morgan fingerprint density at radius 3 is 2.68 bits per heavy atom. The van der Waals surface area contributed by atoms with Gasteiger partial charge >= 0.3 is 0 Å². The highest BCUT2D eigenvalue weighted by molar-refractivity contribution is 6.30. The van der Waals surface area contributed by atoms with Gasteiger partial charge in [-0.1, -0.05) is 11.6 Å². The van der Waals surface area contributed by atoms with Crippen molar-refractivity contribution in [1.82, 2.24) is 9.97 Å². The minimum atomic E-state index is -0.475. The molecule has 0 bridgehead atoms. The first-order valence-corrected chi connectivity index (χ1v) is 6.98. The summed E-state index contributed by atoms with van der Waals surface area (Å²) in [4.78, 5) is 22.6. The summed E-state index contributed by atoms with van der Waals surface area (Å²) in [5.74, 6) is 0.168. The summed E-state index contributed by atoms with van der Waals surface area (Å²) in [6.45, 7) is -0.0236. The van der Waals surface area contributed by atoms with Gasteiger partial charge in [0.2, 0.25) is 5.95 Å². The number of hydrogen-bond acceptors (Lipinski definition) is 5. The lowest BCUT2D eigenvalue weighted by Gasteiger charge is -2.06. The second kappa shape index (κ2) is 7.06. The van der Waals surface area contributed by atoms with E-state index >= 15 is 0 Å². The summed E-state index contributed by atoms with van der Waals surface area (Å²) in [7, 11) is 0. The molecule has 1 aromatic carbocycles. The van der Waals surface area contributed by atoms with Gasteiger partial charge in [-0.15, -0.1) is 0 Å². The zero-order valence-electron chi connectivity index (χ0n) is 11.7. The number of hydrogen-bond donors (Lipinski definition) is 4. The molecule has 0 amide bonds. The van der Waals surface area contributed by atoms with Gasteiger partial charge in [0.15, 0.2) is 5.69 Å². The van der Waals surface area contributed by atoms with Gasteiger partial charge in [0.25, 0.3) is 5.56 Å². The van der Waals surface area contributed by atoms with Crippen LogP contribution in [0.15, 0.2) is 34.1 Å². The van der Waals surface area contributed by atoms with Crippen LogP contribution >= 0.6 is 11.6 Å². The van der Waals surface area contributed by atoms with Crippen LogP contribution in [0.4, 0.5) is 11.6 Å². The fourth-order valence-corrected chi connectivity index (χ4v) is 2.00. The summed E-state index contributed by atoms with van der Waals surface area (Å²) in [6.07, 6.45) is 0.816. The van der Waals surface area contributed by atoms with E-state index in [1.54, 1.807) is 24.3 Å². The number of nitrogens with two attached hydrogens (primary N) is 2. The van der Waals surface area contributed by atoms with Crippen LogP contribution in [0.25, 0.3) is 0 Å². The minimum Gasteiger partial charge on any atom is -0.396 e. The first-order chi connectivity index (χ1) is 10.5. The lowest BCUT2D eigenvalue weighted by molar-refractivity contribution is 0.288. The average Bonchev–Trinajstić information content (AvgIpc) is 2.48. The van der Waals surface area contributed by atoms with Gasteiger partial charge < -0.3 is 16.6 Å². The number of H-pyrrole nitrogens is 1. The molecular formula is C14H16ClN5O2. The number of nitrogens with one attached hydrogen (secondary N) is 1. The van der Waals surface area contributed by atoms with Crippen LogP contribution in [0.2, 0.25) is 5.02 Å². The molecule has 0 aliphatic rings. The smallest absolute Gasteiger partial charge is 0.278 e. The van der Waals surface area contributed by atoms with E-state index in [0.717, 1.165) is 0 Å². The summed E-state index contributed by atoms with van der Waals surface area (Å²) < 4.78 is 0. The third kappa shape index (κ3) is 3.84. The second-order valence-corrected chi connectivity index (χ2v) is 5.01. The summed E-state index contributed by atoms with van der Waals surface area (Å²) in [5, 5.41) is 9.50. The molecule has 2 aromatic rings. The predicted octanol–water partition coefficient (Wildman–Crippen LogP) is 0.967. The molecule has 0 radical (unpaired) electrons. The minimum absolute atomic E-state index is 0.00181. The monoisotopic (exact) mass is 321 g/mol. The van der Waals surface area contributed by atoms with Gasteiger partial charge in [-0.3, -0.25) is 9.78 Å². The van der Waals surface area contributed by atoms with Crippen LogP contribution in [0, 0.1) is 0 Å². The van der Waals surface area contributed by atoms with Crippen molar-refractivity contribution in [3.05, 3.63) is 50.9 Å². The highest BCUT2D eigenvalue weighted by Gasteiger charge is 2.11. The van der Waals surface area contributed by atoms with Crippen molar-refractivity contribution >= 4 is 29.1 Å². The normalized spacial score (nSPS) is 11.6. The van der Waals surface area contributed by atoms with Crippen LogP contribution < -0.4 is 17.0 Å². The Balaban J connectivity index is 2.44. The molecule has 0 aliphatic carbocycles. The van der Waals surface area contributed by atoms with Crippen molar-refractivity contribution in [2.45, 2.75) is 12.8 Å². The maximum absolute atomic E-state index is 12.0. The number of nitrogens with zero attached hydrogens (tertiary/aromatic N) is 2. The van der Waals surface area contributed by atoms with E-state index in [1.165, 1.54) is 0 Å². The third-order valence-electron chi connectivity index (χ3n) is 2.93. The Labute approximate surface area is 131 Å². The van der Waals surface area contributed by atoms with Gasteiger partial charge in [-0.05, 0) is 37.1 Å². The summed E-state index contributed by atoms with van der Waals surface area (Å²) >= 11 is 5.82. The molecule has 1 heterocycles. The summed E-state index contributed by atoms with van der Waals surface area (Å²) in [5.41, 5.74) is 12.1. The molecule has 1 aromatic heterocycles. The van der Waals surface area contributed by atoms with Crippen molar-refractivity contribution in [3.63, 3.8) is 0 Å². The Morgan fingerprint density at radius 2 is 2.05 bits per heavy atom. The molecule has 0 aliphatic heterocycles. The van der Waals surface area contributed by atoms with E-state index in [2.05, 4.69) is 15.0 Å². The van der Waals surface area contributed by atoms with Crippen LogP contribution in [-0.2, 0) is 6.42 Å². The number of benzene rings is 1. The number of anilines is 1. The molecule has 2 rings (SSSR count). The Kier molecular flexibility index (Phi) is 5.13. The number of rotatable bonds is 5. The lowest BCUT2D eigenvalue weighted by atomic mass is 10.2. The Bertz CT molecular complexity index is 740. The van der Waals surface area contributed by atoms with Crippen LogP contribution in [0.3, 0.4) is 0 Å². The topological polar surface area (TPSA) is 130 Å². The van der Waals surface area contributed by atoms with Gasteiger partial charge in [-0.25, -0.2) is 9.98 Å². The lowest BCUT2D eigenvalue weighted by Crippen LogP contribution is -2.18. The first-order valence-electron chi connectivity index (χ1n) is 6.61. The molecular weight excluding hydrogens is 306 g/mol. The number of aliphatic imine (C=N–C) groups is 1. The molecule has 0 spiro atoms. The molecule has 6 N–H and O–H groups in total. The largest absolute Gasteiger partial charge is 0.396 e. The highest BCUT2D eigenvalue weighted by atomic mass is 35.5. The van der Waals surface area contributed by atoms with Crippen molar-refractivity contribution < 1.29 is 5.11 Å². The van der Waals surface area contributed by atoms with Crippen LogP contribution in [-0.4, -0.2) is 27.5 Å². The summed E-state index contributed by atoms with van der Waals surface area (Å²) in [6, 6.07) is 6.76. The van der Waals surface area contributed by atoms with E-state index in [-0.39, 0.29) is 24.1 Å². The molecule has 0 unspecified atom stereocenters. The number of aromatic nitrogens is 2. The quantitative estimate of drug-likeness (QED) is 0.481. The molecule has 0 atom stereocenters. The standard InChI is InChI=1S/C14H16ClN5O2/c15-9-5-3-8(4-6-9)12(16)19-11-10(2-1-7-21)18-14(17)20-13(11)22/h3-6,21H,1-2,7H2,(H2,16,19)(H3,17,18,20,22). The number of aliphatic hydroxyl groups is 1. The van der Waals surface area contributed by atoms with Crippen molar-refractivity contribution in [1.29, 1.82) is 0 Å². The number of aryl methyl sites for hydroxylation is 1. The van der Waals surface area contributed by atoms with Gasteiger partial charge in [0.05, 0.1) is 5.69 Å². The number of nitrogen functional groups attached to an aromatic ring is 1. The van der Waals surface area contributed by atoms with E-state index in [9.17, 15) is 4.79 Å². The molecule has 8 heteroatoms. The van der Waals surface area contributed by atoms with Crippen LogP contribution in [0.5, 0.6) is 0 Å². The van der Waals surface area contributed by atoms with Gasteiger partial charge in [0, 0.05) is 17.2 Å². The second-order valence-electron chi connectivity index (χ2n) is 4.58. The van der Waals surface area contributed by atoms with Crippen molar-refractivity contribution in [2.24, 2.45) is 10.7 Å². The molecule has 0 saturated heterocycles. The maximum atomic E-state index is 12.0. The molecule has 0 saturated carbocycles. The fraction of sp³-hybridized carbons (Fsp3) is 0.214. The van der Waals surface area contributed by atoms with Gasteiger partial charge in [-0.2, -0.15) is 0 Å². The molecule has 0 fully saturated rings. The number of aliphatic hydroxyl groups excluding tert-OH is 1. The van der Waals surface area contributed by atoms with E-state index in [0.29, 0.717) is 29.1 Å². The molecule has 116 valence electrons. The molecule has 7 nitrogen and oxygen atoms in total. The van der Waals surface area contributed by atoms with E-state index in [1.807, 2.05) is 0 Å². The fourth-order valence-electron chi connectivity index (χ4n) is 1.87. The third-order valence-corrected chi connectivity index (χ3v) is 3.18. The Morgan fingerprint density at radius 1 is 1.36 bits per heavy atom. The van der Waals surface area contributed by atoms with Crippen molar-refractivity contribution in [2.75, 3.05) is 12.3 Å². The first kappa shape index (κ1) is 16.0. The Hall–Kier alpha value is -2.38. The average molecular weight is 322 g/mol. The number of aromatic amines is 1. The maximum Gasteiger partial charge on any atom is 0.278 e. The van der Waals surface area contributed by atoms with Crippen LogP contribution in [0.1, 0.15) is 17.7 Å². The highest BCUT2D eigenvalue weighted by Crippen LogP contribution is 2.16. The zero-order chi connectivity index (χ0) is 16.1. The zero-order valence-corrected chi connectivity index (χ0v) is 12.5. The van der Waals surface area contributed by atoms with Gasteiger partial charge in [0.1, 0.15) is 5.84 Å². The SMILES string of the molecule is N/C(=N\c1c(CCCO)nc(N)[nH]c1=O)c1ccc(Cl)cc1. The number of halogens is 1. The van der Waals surface area contributed by atoms with Crippen molar-refractivity contribution in [3.8, 4) is 0 Å². The van der Waals surface area contributed by atoms with E-state index in [4.69, 9.17) is 28.2 Å². The predicted molar refractivity (Wildman–Crippen MR) is 86.5 cm³/mol. The number of amidine groups is 1.